The monoisotopic (exact) mass is 289 g/mol. The van der Waals surface area contributed by atoms with Crippen molar-refractivity contribution >= 4 is 21.9 Å². The van der Waals surface area contributed by atoms with Crippen molar-refractivity contribution in [1.29, 1.82) is 0 Å². The molecule has 88 valence electrons. The van der Waals surface area contributed by atoms with E-state index in [-0.39, 0.29) is 12.2 Å². The molecular formula is C11H13BrFNO2. The van der Waals surface area contributed by atoms with Gasteiger partial charge in [-0.25, -0.2) is 4.39 Å². The maximum atomic E-state index is 13.4. The van der Waals surface area contributed by atoms with Gasteiger partial charge in [-0.1, -0.05) is 22.0 Å². The summed E-state index contributed by atoms with van der Waals surface area (Å²) in [6.45, 7) is 0.817. The van der Waals surface area contributed by atoms with E-state index in [1.807, 2.05) is 0 Å². The van der Waals surface area contributed by atoms with E-state index < -0.39 is 5.97 Å². The lowest BCUT2D eigenvalue weighted by Crippen LogP contribution is -2.21. The van der Waals surface area contributed by atoms with Gasteiger partial charge < -0.3 is 10.0 Å². The quantitative estimate of drug-likeness (QED) is 0.905. The van der Waals surface area contributed by atoms with Crippen LogP contribution in [0.2, 0.25) is 0 Å². The van der Waals surface area contributed by atoms with Crippen LogP contribution in [0.3, 0.4) is 0 Å². The van der Waals surface area contributed by atoms with Gasteiger partial charge in [0.25, 0.3) is 0 Å². The topological polar surface area (TPSA) is 40.5 Å². The molecule has 1 rings (SSSR count). The van der Waals surface area contributed by atoms with Crippen molar-refractivity contribution in [1.82, 2.24) is 4.90 Å². The first-order valence-corrected chi connectivity index (χ1v) is 5.62. The summed E-state index contributed by atoms with van der Waals surface area (Å²) in [4.78, 5) is 12.1. The third-order valence-electron chi connectivity index (χ3n) is 2.16. The summed E-state index contributed by atoms with van der Waals surface area (Å²) >= 11 is 3.18. The molecule has 1 aromatic rings. The zero-order chi connectivity index (χ0) is 12.1. The molecule has 0 saturated heterocycles. The number of nitrogens with zero attached hydrogens (tertiary/aromatic N) is 1. The molecule has 5 heteroatoms. The fourth-order valence-corrected chi connectivity index (χ4v) is 1.64. The Morgan fingerprint density at radius 1 is 1.56 bits per heavy atom. The van der Waals surface area contributed by atoms with Crippen LogP contribution < -0.4 is 0 Å². The predicted octanol–water partition coefficient (Wildman–Crippen LogP) is 2.49. The van der Waals surface area contributed by atoms with Crippen LogP contribution in [0.1, 0.15) is 12.0 Å². The van der Waals surface area contributed by atoms with Crippen LogP contribution in [-0.4, -0.2) is 29.6 Å². The molecule has 3 nitrogen and oxygen atoms in total. The van der Waals surface area contributed by atoms with Crippen LogP contribution in [0, 0.1) is 5.82 Å². The number of carbonyl (C=O) groups is 1. The number of halogens is 2. The third-order valence-corrected chi connectivity index (χ3v) is 2.66. The molecule has 0 aliphatic carbocycles. The average molecular weight is 290 g/mol. The van der Waals surface area contributed by atoms with Crippen molar-refractivity contribution in [2.75, 3.05) is 13.6 Å². The van der Waals surface area contributed by atoms with Crippen LogP contribution in [0.15, 0.2) is 22.7 Å². The van der Waals surface area contributed by atoms with E-state index in [0.717, 1.165) is 0 Å². The van der Waals surface area contributed by atoms with Crippen LogP contribution in [0.5, 0.6) is 0 Å². The highest BCUT2D eigenvalue weighted by Gasteiger charge is 2.07. The molecule has 0 aliphatic heterocycles. The summed E-state index contributed by atoms with van der Waals surface area (Å²) in [5.74, 6) is -1.13. The van der Waals surface area contributed by atoms with E-state index in [2.05, 4.69) is 15.9 Å². The summed E-state index contributed by atoms with van der Waals surface area (Å²) < 4.78 is 14.1. The SMILES string of the molecule is CN(CCC(=O)O)Cc1ccc(Br)cc1F. The second-order valence-electron chi connectivity index (χ2n) is 3.62. The van der Waals surface area contributed by atoms with E-state index in [1.54, 1.807) is 24.1 Å². The van der Waals surface area contributed by atoms with Crippen LogP contribution in [-0.2, 0) is 11.3 Å². The molecule has 0 unspecified atom stereocenters. The number of aliphatic carboxylic acids is 1. The smallest absolute Gasteiger partial charge is 0.304 e. The molecule has 0 aliphatic rings. The second kappa shape index (κ2) is 5.96. The average Bonchev–Trinajstić information content (AvgIpc) is 2.19. The maximum absolute atomic E-state index is 13.4. The minimum Gasteiger partial charge on any atom is -0.481 e. The Kier molecular flexibility index (Phi) is 4.89. The Morgan fingerprint density at radius 2 is 2.25 bits per heavy atom. The summed E-state index contributed by atoms with van der Waals surface area (Å²) in [5.41, 5.74) is 0.566. The van der Waals surface area contributed by atoms with E-state index >= 15 is 0 Å². The number of benzene rings is 1. The number of carboxylic acid groups (broad SMARTS) is 1. The Morgan fingerprint density at radius 3 is 2.81 bits per heavy atom. The van der Waals surface area contributed by atoms with Gasteiger partial charge >= 0.3 is 5.97 Å². The van der Waals surface area contributed by atoms with Crippen molar-refractivity contribution in [3.05, 3.63) is 34.1 Å². The molecule has 0 saturated carbocycles. The Bertz CT molecular complexity index is 384. The summed E-state index contributed by atoms with van der Waals surface area (Å²) in [5, 5.41) is 8.51. The maximum Gasteiger partial charge on any atom is 0.304 e. The van der Waals surface area contributed by atoms with E-state index in [0.29, 0.717) is 23.1 Å². The van der Waals surface area contributed by atoms with Crippen molar-refractivity contribution < 1.29 is 14.3 Å². The van der Waals surface area contributed by atoms with Gasteiger partial charge in [0.1, 0.15) is 5.82 Å². The molecule has 0 spiro atoms. The van der Waals surface area contributed by atoms with Crippen LogP contribution in [0.4, 0.5) is 4.39 Å². The molecule has 0 amide bonds. The lowest BCUT2D eigenvalue weighted by Gasteiger charge is -2.15. The molecule has 0 heterocycles. The van der Waals surface area contributed by atoms with Gasteiger partial charge in [-0.2, -0.15) is 0 Å². The zero-order valence-corrected chi connectivity index (χ0v) is 10.5. The number of hydrogen-bond acceptors (Lipinski definition) is 2. The third kappa shape index (κ3) is 4.28. The first-order valence-electron chi connectivity index (χ1n) is 4.83. The molecule has 0 bridgehead atoms. The van der Waals surface area contributed by atoms with E-state index in [9.17, 15) is 9.18 Å². The highest BCUT2D eigenvalue weighted by Crippen LogP contribution is 2.16. The summed E-state index contributed by atoms with van der Waals surface area (Å²) in [6, 6.07) is 4.86. The van der Waals surface area contributed by atoms with Crippen molar-refractivity contribution in [3.8, 4) is 0 Å². The first kappa shape index (κ1) is 13.1. The molecule has 0 atom stereocenters. The number of carboxylic acids is 1. The largest absolute Gasteiger partial charge is 0.481 e. The highest BCUT2D eigenvalue weighted by molar-refractivity contribution is 9.10. The van der Waals surface area contributed by atoms with Crippen LogP contribution >= 0.6 is 15.9 Å². The van der Waals surface area contributed by atoms with Crippen molar-refractivity contribution in [3.63, 3.8) is 0 Å². The van der Waals surface area contributed by atoms with E-state index in [1.165, 1.54) is 6.07 Å². The fourth-order valence-electron chi connectivity index (χ4n) is 1.31. The molecule has 0 aromatic heterocycles. The molecule has 1 N–H and O–H groups in total. The van der Waals surface area contributed by atoms with Crippen molar-refractivity contribution in [2.24, 2.45) is 0 Å². The highest BCUT2D eigenvalue weighted by atomic mass is 79.9. The first-order chi connectivity index (χ1) is 7.49. The van der Waals surface area contributed by atoms with Gasteiger partial charge in [0, 0.05) is 23.1 Å². The summed E-state index contributed by atoms with van der Waals surface area (Å²) in [7, 11) is 1.77. The molecule has 1 aromatic carbocycles. The normalized spacial score (nSPS) is 10.8. The van der Waals surface area contributed by atoms with Crippen molar-refractivity contribution in [2.45, 2.75) is 13.0 Å². The van der Waals surface area contributed by atoms with Gasteiger partial charge in [0.15, 0.2) is 0 Å². The van der Waals surface area contributed by atoms with Gasteiger partial charge in [-0.3, -0.25) is 4.79 Å². The predicted molar refractivity (Wildman–Crippen MR) is 62.7 cm³/mol. The minimum atomic E-state index is -0.844. The van der Waals surface area contributed by atoms with Crippen LogP contribution in [0.25, 0.3) is 0 Å². The minimum absolute atomic E-state index is 0.0641. The zero-order valence-electron chi connectivity index (χ0n) is 8.91. The standard InChI is InChI=1S/C11H13BrFNO2/c1-14(5-4-11(15)16)7-8-2-3-9(12)6-10(8)13/h2-3,6H,4-5,7H2,1H3,(H,15,16). The fraction of sp³-hybridized carbons (Fsp3) is 0.364. The molecule has 0 fully saturated rings. The lowest BCUT2D eigenvalue weighted by molar-refractivity contribution is -0.137. The summed E-state index contributed by atoms with van der Waals surface area (Å²) in [6.07, 6.45) is 0.0641. The van der Waals surface area contributed by atoms with Gasteiger partial charge in [0.2, 0.25) is 0 Å². The Hall–Kier alpha value is -0.940. The van der Waals surface area contributed by atoms with Gasteiger partial charge in [-0.05, 0) is 19.2 Å². The Balaban J connectivity index is 2.55. The molecular weight excluding hydrogens is 277 g/mol. The lowest BCUT2D eigenvalue weighted by atomic mass is 10.2. The number of hydrogen-bond donors (Lipinski definition) is 1. The van der Waals surface area contributed by atoms with Gasteiger partial charge in [0.05, 0.1) is 6.42 Å². The molecule has 0 radical (unpaired) electrons. The second-order valence-corrected chi connectivity index (χ2v) is 4.53. The Labute approximate surface area is 102 Å². The van der Waals surface area contributed by atoms with Gasteiger partial charge in [-0.15, -0.1) is 0 Å². The number of rotatable bonds is 5. The molecule has 16 heavy (non-hydrogen) atoms. The van der Waals surface area contributed by atoms with E-state index in [4.69, 9.17) is 5.11 Å².